The van der Waals surface area contributed by atoms with Gasteiger partial charge in [-0.2, -0.15) is 0 Å². The number of rotatable bonds is 3. The van der Waals surface area contributed by atoms with Crippen LogP contribution in [0.3, 0.4) is 0 Å². The maximum atomic E-state index is 5.21. The minimum atomic E-state index is 0.920. The Balaban J connectivity index is 1.81. The zero-order valence-corrected chi connectivity index (χ0v) is 12.2. The van der Waals surface area contributed by atoms with Gasteiger partial charge in [0.1, 0.15) is 5.75 Å². The Labute approximate surface area is 121 Å². The monoisotopic (exact) mass is 267 g/mol. The van der Waals surface area contributed by atoms with Crippen LogP contribution in [0.15, 0.2) is 42.5 Å². The summed E-state index contributed by atoms with van der Waals surface area (Å²) in [7, 11) is 1.71. The molecule has 20 heavy (non-hydrogen) atoms. The van der Waals surface area contributed by atoms with E-state index in [4.69, 9.17) is 4.74 Å². The normalized spacial score (nSPS) is 14.0. The van der Waals surface area contributed by atoms with Crippen LogP contribution in [0.2, 0.25) is 0 Å². The van der Waals surface area contributed by atoms with Crippen LogP contribution >= 0.6 is 0 Å². The summed E-state index contributed by atoms with van der Waals surface area (Å²) in [6.07, 6.45) is 2.45. The van der Waals surface area contributed by atoms with Gasteiger partial charge in [-0.1, -0.05) is 29.8 Å². The van der Waals surface area contributed by atoms with Crippen LogP contribution in [-0.2, 0) is 13.0 Å². The topological polar surface area (TPSA) is 12.5 Å². The summed E-state index contributed by atoms with van der Waals surface area (Å²) in [4.78, 5) is 2.49. The molecule has 0 fully saturated rings. The van der Waals surface area contributed by atoms with E-state index in [0.29, 0.717) is 0 Å². The van der Waals surface area contributed by atoms with Crippen molar-refractivity contribution in [3.05, 3.63) is 59.2 Å². The van der Waals surface area contributed by atoms with E-state index in [2.05, 4.69) is 42.2 Å². The summed E-state index contributed by atoms with van der Waals surface area (Å²) < 4.78 is 5.21. The summed E-state index contributed by atoms with van der Waals surface area (Å²) >= 11 is 0. The molecule has 3 rings (SSSR count). The Kier molecular flexibility index (Phi) is 3.64. The van der Waals surface area contributed by atoms with Gasteiger partial charge >= 0.3 is 0 Å². The van der Waals surface area contributed by atoms with Gasteiger partial charge in [-0.3, -0.25) is 0 Å². The number of methoxy groups -OCH3 is 1. The molecule has 2 aromatic rings. The highest BCUT2D eigenvalue weighted by Crippen LogP contribution is 2.29. The maximum Gasteiger partial charge on any atom is 0.118 e. The molecular weight excluding hydrogens is 246 g/mol. The number of aryl methyl sites for hydroxylation is 2. The van der Waals surface area contributed by atoms with E-state index in [1.807, 2.05) is 12.1 Å². The van der Waals surface area contributed by atoms with Gasteiger partial charge in [-0.15, -0.1) is 0 Å². The fraction of sp³-hybridized carbons (Fsp3) is 0.333. The molecule has 1 aliphatic rings. The molecule has 0 saturated carbocycles. The lowest BCUT2D eigenvalue weighted by Crippen LogP contribution is -2.28. The van der Waals surface area contributed by atoms with Gasteiger partial charge in [0.15, 0.2) is 0 Å². The zero-order valence-electron chi connectivity index (χ0n) is 12.2. The number of anilines is 1. The molecule has 0 spiro atoms. The molecule has 2 aromatic carbocycles. The Hall–Kier alpha value is -1.96. The molecular formula is C18H21NO. The quantitative estimate of drug-likeness (QED) is 0.834. The van der Waals surface area contributed by atoms with Crippen LogP contribution in [0.1, 0.15) is 23.1 Å². The van der Waals surface area contributed by atoms with Crippen molar-refractivity contribution in [3.63, 3.8) is 0 Å². The van der Waals surface area contributed by atoms with Gasteiger partial charge in [0.05, 0.1) is 7.11 Å². The van der Waals surface area contributed by atoms with Gasteiger partial charge in [-0.25, -0.2) is 0 Å². The largest absolute Gasteiger partial charge is 0.497 e. The van der Waals surface area contributed by atoms with Crippen LogP contribution in [0.5, 0.6) is 5.75 Å². The average molecular weight is 267 g/mol. The molecule has 104 valence electrons. The second-order valence-electron chi connectivity index (χ2n) is 5.51. The molecule has 0 radical (unpaired) electrons. The Bertz CT molecular complexity index is 589. The van der Waals surface area contributed by atoms with E-state index in [0.717, 1.165) is 18.8 Å². The molecule has 0 atom stereocenters. The van der Waals surface area contributed by atoms with Gasteiger partial charge in [0, 0.05) is 18.8 Å². The van der Waals surface area contributed by atoms with Gasteiger partial charge in [0.2, 0.25) is 0 Å². The predicted molar refractivity (Wildman–Crippen MR) is 83.5 cm³/mol. The SMILES string of the molecule is COc1ccc(CN2CCCc3cc(C)ccc32)cc1. The van der Waals surface area contributed by atoms with Gasteiger partial charge in [0.25, 0.3) is 0 Å². The third-order valence-corrected chi connectivity index (χ3v) is 3.98. The minimum absolute atomic E-state index is 0.920. The lowest BCUT2D eigenvalue weighted by Gasteiger charge is -2.31. The number of fused-ring (bicyclic) bond motifs is 1. The van der Waals surface area contributed by atoms with Crippen LogP contribution in [-0.4, -0.2) is 13.7 Å². The van der Waals surface area contributed by atoms with Crippen LogP contribution in [0.4, 0.5) is 5.69 Å². The van der Waals surface area contributed by atoms with E-state index in [9.17, 15) is 0 Å². The highest BCUT2D eigenvalue weighted by Gasteiger charge is 2.16. The minimum Gasteiger partial charge on any atom is -0.497 e. The van der Waals surface area contributed by atoms with Gasteiger partial charge in [-0.05, 0) is 49.1 Å². The lowest BCUT2D eigenvalue weighted by atomic mass is 9.99. The first-order valence-corrected chi connectivity index (χ1v) is 7.23. The van der Waals surface area contributed by atoms with Crippen LogP contribution in [0.25, 0.3) is 0 Å². The van der Waals surface area contributed by atoms with Crippen molar-refractivity contribution in [1.29, 1.82) is 0 Å². The number of benzene rings is 2. The lowest BCUT2D eigenvalue weighted by molar-refractivity contribution is 0.414. The van der Waals surface area contributed by atoms with Crippen molar-refractivity contribution >= 4 is 5.69 Å². The number of hydrogen-bond acceptors (Lipinski definition) is 2. The second kappa shape index (κ2) is 5.58. The van der Waals surface area contributed by atoms with E-state index in [1.54, 1.807) is 7.11 Å². The molecule has 2 heteroatoms. The van der Waals surface area contributed by atoms with Crippen molar-refractivity contribution in [3.8, 4) is 5.75 Å². The number of ether oxygens (including phenoxy) is 1. The summed E-state index contributed by atoms with van der Waals surface area (Å²) in [6.45, 7) is 4.28. The van der Waals surface area contributed by atoms with Crippen molar-refractivity contribution < 1.29 is 4.74 Å². The Morgan fingerprint density at radius 3 is 2.65 bits per heavy atom. The third-order valence-electron chi connectivity index (χ3n) is 3.98. The zero-order chi connectivity index (χ0) is 13.9. The van der Waals surface area contributed by atoms with E-state index in [-0.39, 0.29) is 0 Å². The standard InChI is InChI=1S/C18H21NO/c1-14-5-10-18-16(12-14)4-3-11-19(18)13-15-6-8-17(20-2)9-7-15/h5-10,12H,3-4,11,13H2,1-2H3. The number of hydrogen-bond donors (Lipinski definition) is 0. The fourth-order valence-corrected chi connectivity index (χ4v) is 2.92. The third kappa shape index (κ3) is 2.64. The van der Waals surface area contributed by atoms with Crippen LogP contribution < -0.4 is 9.64 Å². The molecule has 0 bridgehead atoms. The molecule has 2 nitrogen and oxygen atoms in total. The smallest absolute Gasteiger partial charge is 0.118 e. The molecule has 1 heterocycles. The van der Waals surface area contributed by atoms with Crippen LogP contribution in [0, 0.1) is 6.92 Å². The number of nitrogens with zero attached hydrogens (tertiary/aromatic N) is 1. The summed E-state index contributed by atoms with van der Waals surface area (Å²) in [5.74, 6) is 0.920. The van der Waals surface area contributed by atoms with Crippen molar-refractivity contribution in [2.45, 2.75) is 26.3 Å². The van der Waals surface area contributed by atoms with Gasteiger partial charge < -0.3 is 9.64 Å². The summed E-state index contributed by atoms with van der Waals surface area (Å²) in [5.41, 5.74) is 5.58. The maximum absolute atomic E-state index is 5.21. The van der Waals surface area contributed by atoms with Crippen molar-refractivity contribution in [2.24, 2.45) is 0 Å². The summed E-state index contributed by atoms with van der Waals surface area (Å²) in [6, 6.07) is 15.2. The Morgan fingerprint density at radius 1 is 1.10 bits per heavy atom. The van der Waals surface area contributed by atoms with Crippen molar-refractivity contribution in [1.82, 2.24) is 0 Å². The molecule has 0 amide bonds. The summed E-state index contributed by atoms with van der Waals surface area (Å²) in [5, 5.41) is 0. The molecule has 0 unspecified atom stereocenters. The molecule has 0 N–H and O–H groups in total. The molecule has 0 aliphatic carbocycles. The van der Waals surface area contributed by atoms with Crippen molar-refractivity contribution in [2.75, 3.05) is 18.6 Å². The molecule has 0 aromatic heterocycles. The first-order valence-electron chi connectivity index (χ1n) is 7.23. The fourth-order valence-electron chi connectivity index (χ4n) is 2.92. The van der Waals surface area contributed by atoms with E-state index in [1.165, 1.54) is 35.2 Å². The second-order valence-corrected chi connectivity index (χ2v) is 5.51. The highest BCUT2D eigenvalue weighted by atomic mass is 16.5. The Morgan fingerprint density at radius 2 is 1.90 bits per heavy atom. The highest BCUT2D eigenvalue weighted by molar-refractivity contribution is 5.57. The molecule has 1 aliphatic heterocycles. The first kappa shape index (κ1) is 13.0. The van der Waals surface area contributed by atoms with E-state index >= 15 is 0 Å². The first-order chi connectivity index (χ1) is 9.76. The van der Waals surface area contributed by atoms with E-state index < -0.39 is 0 Å². The molecule has 0 saturated heterocycles. The predicted octanol–water partition coefficient (Wildman–Crippen LogP) is 3.96. The average Bonchev–Trinajstić information content (AvgIpc) is 2.48.